The fourth-order valence-corrected chi connectivity index (χ4v) is 3.75. The van der Waals surface area contributed by atoms with Gasteiger partial charge in [0.05, 0.1) is 4.90 Å². The number of benzene rings is 1. The lowest BCUT2D eigenvalue weighted by Gasteiger charge is -2.26. The molecule has 0 radical (unpaired) electrons. The molecule has 0 heterocycles. The molecule has 140 valence electrons. The zero-order valence-electron chi connectivity index (χ0n) is 15.0. The molecule has 0 atom stereocenters. The van der Waals surface area contributed by atoms with Crippen LogP contribution in [0, 0.1) is 0 Å². The number of rotatable bonds is 10. The van der Waals surface area contributed by atoms with Crippen LogP contribution in [0.1, 0.15) is 51.5 Å². The van der Waals surface area contributed by atoms with Gasteiger partial charge in [-0.2, -0.15) is 0 Å². The van der Waals surface area contributed by atoms with Crippen molar-refractivity contribution in [3.63, 3.8) is 0 Å². The lowest BCUT2D eigenvalue weighted by Crippen LogP contribution is -2.49. The van der Waals surface area contributed by atoms with E-state index in [0.29, 0.717) is 19.4 Å². The Morgan fingerprint density at radius 2 is 1.80 bits per heavy atom. The van der Waals surface area contributed by atoms with E-state index in [1.165, 1.54) is 0 Å². The maximum Gasteiger partial charge on any atom is 0.240 e. The Hall–Kier alpha value is -1.44. The van der Waals surface area contributed by atoms with Crippen LogP contribution < -0.4 is 15.8 Å². The summed E-state index contributed by atoms with van der Waals surface area (Å²) in [5.74, 6) is -0.0381. The predicted molar refractivity (Wildman–Crippen MR) is 98.6 cm³/mol. The number of amides is 1. The molecule has 1 aliphatic rings. The molecule has 0 unspecified atom stereocenters. The normalized spacial score (nSPS) is 15.2. The maximum absolute atomic E-state index is 12.1. The van der Waals surface area contributed by atoms with Crippen LogP contribution in [0.4, 0.5) is 0 Å². The molecule has 1 fully saturated rings. The van der Waals surface area contributed by atoms with Crippen molar-refractivity contribution < 1.29 is 13.2 Å². The number of hydrogen-bond donors (Lipinski definition) is 3. The summed E-state index contributed by atoms with van der Waals surface area (Å²) in [6, 6.07) is 6.81. The predicted octanol–water partition coefficient (Wildman–Crippen LogP) is 1.69. The zero-order chi connectivity index (χ0) is 18.5. The standard InChI is InChI=1S/C18H29N3O3S/c1-3-18(19,4-2)13-20-17(22)12-7-14-5-10-16(11-6-14)25(23,24)21-15-8-9-15/h5-6,10-11,15,21H,3-4,7-9,12-13,19H2,1-2H3,(H,20,22). The van der Waals surface area contributed by atoms with Crippen LogP contribution in [-0.2, 0) is 21.2 Å². The largest absolute Gasteiger partial charge is 0.354 e. The van der Waals surface area contributed by atoms with Gasteiger partial charge in [-0.15, -0.1) is 0 Å². The van der Waals surface area contributed by atoms with E-state index < -0.39 is 10.0 Å². The average molecular weight is 368 g/mol. The molecule has 0 aromatic heterocycles. The third-order valence-electron chi connectivity index (χ3n) is 4.82. The molecule has 7 heteroatoms. The van der Waals surface area contributed by atoms with Gasteiger partial charge in [-0.3, -0.25) is 4.79 Å². The van der Waals surface area contributed by atoms with Crippen LogP contribution in [0.15, 0.2) is 29.2 Å². The van der Waals surface area contributed by atoms with Crippen LogP contribution in [0.3, 0.4) is 0 Å². The Morgan fingerprint density at radius 3 is 2.32 bits per heavy atom. The highest BCUT2D eigenvalue weighted by atomic mass is 32.2. The lowest BCUT2D eigenvalue weighted by atomic mass is 9.94. The second-order valence-electron chi connectivity index (χ2n) is 6.89. The quantitative estimate of drug-likeness (QED) is 0.586. The van der Waals surface area contributed by atoms with Crippen LogP contribution in [0.5, 0.6) is 0 Å². The van der Waals surface area contributed by atoms with Crippen LogP contribution in [-0.4, -0.2) is 32.5 Å². The highest BCUT2D eigenvalue weighted by Crippen LogP contribution is 2.22. The fourth-order valence-electron chi connectivity index (χ4n) is 2.44. The van der Waals surface area contributed by atoms with Crippen molar-refractivity contribution in [2.24, 2.45) is 5.73 Å². The molecule has 1 aromatic carbocycles. The number of carbonyl (C=O) groups is 1. The van der Waals surface area contributed by atoms with E-state index in [1.54, 1.807) is 24.3 Å². The summed E-state index contributed by atoms with van der Waals surface area (Å²) in [5, 5.41) is 2.89. The van der Waals surface area contributed by atoms with E-state index in [0.717, 1.165) is 31.2 Å². The van der Waals surface area contributed by atoms with Gasteiger partial charge in [-0.05, 0) is 49.8 Å². The number of sulfonamides is 1. The van der Waals surface area contributed by atoms with Gasteiger partial charge in [0.15, 0.2) is 0 Å². The zero-order valence-corrected chi connectivity index (χ0v) is 15.9. The van der Waals surface area contributed by atoms with Gasteiger partial charge in [-0.1, -0.05) is 26.0 Å². The molecule has 1 aliphatic carbocycles. The molecule has 1 saturated carbocycles. The van der Waals surface area contributed by atoms with E-state index in [4.69, 9.17) is 5.73 Å². The highest BCUT2D eigenvalue weighted by molar-refractivity contribution is 7.89. The van der Waals surface area contributed by atoms with E-state index in [-0.39, 0.29) is 22.4 Å². The Bertz CT molecular complexity index is 678. The Labute approximate surface area is 150 Å². The van der Waals surface area contributed by atoms with Crippen molar-refractivity contribution in [1.82, 2.24) is 10.0 Å². The summed E-state index contributed by atoms with van der Waals surface area (Å²) in [6.07, 6.45) is 4.37. The first-order chi connectivity index (χ1) is 11.8. The van der Waals surface area contributed by atoms with Gasteiger partial charge in [0.2, 0.25) is 15.9 Å². The Morgan fingerprint density at radius 1 is 1.20 bits per heavy atom. The molecule has 4 N–H and O–H groups in total. The van der Waals surface area contributed by atoms with Gasteiger partial charge < -0.3 is 11.1 Å². The maximum atomic E-state index is 12.1. The Balaban J connectivity index is 1.82. The molecule has 0 aliphatic heterocycles. The third kappa shape index (κ3) is 6.09. The summed E-state index contributed by atoms with van der Waals surface area (Å²) < 4.78 is 26.9. The molecule has 6 nitrogen and oxygen atoms in total. The summed E-state index contributed by atoms with van der Waals surface area (Å²) >= 11 is 0. The van der Waals surface area contributed by atoms with Crippen LogP contribution in [0.2, 0.25) is 0 Å². The molecular weight excluding hydrogens is 338 g/mol. The second kappa shape index (κ2) is 8.29. The minimum absolute atomic E-state index is 0.0381. The number of carbonyl (C=O) groups excluding carboxylic acids is 1. The van der Waals surface area contributed by atoms with Gasteiger partial charge in [0.25, 0.3) is 0 Å². The molecule has 0 bridgehead atoms. The summed E-state index contributed by atoms with van der Waals surface area (Å²) in [4.78, 5) is 12.2. The van der Waals surface area contributed by atoms with Gasteiger partial charge in [-0.25, -0.2) is 13.1 Å². The number of nitrogens with one attached hydrogen (secondary N) is 2. The van der Waals surface area contributed by atoms with Gasteiger partial charge in [0.1, 0.15) is 0 Å². The summed E-state index contributed by atoms with van der Waals surface area (Å²) in [5.41, 5.74) is 6.76. The number of aryl methyl sites for hydroxylation is 1. The SMILES string of the molecule is CCC(N)(CC)CNC(=O)CCc1ccc(S(=O)(=O)NC2CC2)cc1. The number of hydrogen-bond acceptors (Lipinski definition) is 4. The molecule has 1 amide bonds. The molecule has 0 saturated heterocycles. The van der Waals surface area contributed by atoms with E-state index in [9.17, 15) is 13.2 Å². The third-order valence-corrected chi connectivity index (χ3v) is 6.36. The fraction of sp³-hybridized carbons (Fsp3) is 0.611. The first-order valence-electron chi connectivity index (χ1n) is 8.95. The summed E-state index contributed by atoms with van der Waals surface area (Å²) in [6.45, 7) is 4.51. The lowest BCUT2D eigenvalue weighted by molar-refractivity contribution is -0.121. The van der Waals surface area contributed by atoms with E-state index in [2.05, 4.69) is 10.0 Å². The Kier molecular flexibility index (Phi) is 6.59. The number of nitrogens with two attached hydrogens (primary N) is 1. The molecule has 1 aromatic rings. The topological polar surface area (TPSA) is 101 Å². The molecule has 25 heavy (non-hydrogen) atoms. The van der Waals surface area contributed by atoms with E-state index >= 15 is 0 Å². The first-order valence-corrected chi connectivity index (χ1v) is 10.4. The second-order valence-corrected chi connectivity index (χ2v) is 8.60. The highest BCUT2D eigenvalue weighted by Gasteiger charge is 2.27. The van der Waals surface area contributed by atoms with E-state index in [1.807, 2.05) is 13.8 Å². The van der Waals surface area contributed by atoms with Gasteiger partial charge >= 0.3 is 0 Å². The molecular formula is C18H29N3O3S. The van der Waals surface area contributed by atoms with Crippen molar-refractivity contribution in [2.75, 3.05) is 6.54 Å². The summed E-state index contributed by atoms with van der Waals surface area (Å²) in [7, 11) is -3.42. The van der Waals surface area contributed by atoms with Crippen molar-refractivity contribution in [1.29, 1.82) is 0 Å². The van der Waals surface area contributed by atoms with Gasteiger partial charge in [0, 0.05) is 24.5 Å². The van der Waals surface area contributed by atoms with Crippen LogP contribution in [0.25, 0.3) is 0 Å². The van der Waals surface area contributed by atoms with Crippen molar-refractivity contribution >= 4 is 15.9 Å². The van der Waals surface area contributed by atoms with Crippen molar-refractivity contribution in [2.45, 2.75) is 68.8 Å². The average Bonchev–Trinajstić information content (AvgIpc) is 3.41. The monoisotopic (exact) mass is 367 g/mol. The smallest absolute Gasteiger partial charge is 0.240 e. The van der Waals surface area contributed by atoms with Crippen molar-refractivity contribution in [3.8, 4) is 0 Å². The minimum atomic E-state index is -3.42. The minimum Gasteiger partial charge on any atom is -0.354 e. The molecule has 2 rings (SSSR count). The van der Waals surface area contributed by atoms with Crippen molar-refractivity contribution in [3.05, 3.63) is 29.8 Å². The molecule has 0 spiro atoms. The van der Waals surface area contributed by atoms with Crippen LogP contribution >= 0.6 is 0 Å². The first kappa shape index (κ1) is 19.9.